The lowest BCUT2D eigenvalue weighted by Crippen LogP contribution is -2.16. The highest BCUT2D eigenvalue weighted by molar-refractivity contribution is 5.89. The second-order valence-corrected chi connectivity index (χ2v) is 5.32. The van der Waals surface area contributed by atoms with Gasteiger partial charge in [0.25, 0.3) is 0 Å². The first kappa shape index (κ1) is 15.7. The number of anilines is 1. The van der Waals surface area contributed by atoms with E-state index in [0.29, 0.717) is 6.42 Å². The van der Waals surface area contributed by atoms with Crippen LogP contribution >= 0.6 is 0 Å². The van der Waals surface area contributed by atoms with Gasteiger partial charge in [-0.2, -0.15) is 5.10 Å². The number of carbonyl (C=O) groups excluding carboxylic acids is 1. The highest BCUT2D eigenvalue weighted by Crippen LogP contribution is 2.14. The molecule has 1 rings (SSSR count). The molecule has 0 saturated carbocycles. The van der Waals surface area contributed by atoms with Gasteiger partial charge in [-0.25, -0.2) is 4.68 Å². The summed E-state index contributed by atoms with van der Waals surface area (Å²) in [5.74, 6) is 0.892. The van der Waals surface area contributed by atoms with E-state index in [4.69, 9.17) is 0 Å². The summed E-state index contributed by atoms with van der Waals surface area (Å²) in [6, 6.07) is 2.11. The predicted octanol–water partition coefficient (Wildman–Crippen LogP) is 4.15. The van der Waals surface area contributed by atoms with Crippen LogP contribution in [0.3, 0.4) is 0 Å². The van der Waals surface area contributed by atoms with Crippen LogP contribution in [0.5, 0.6) is 0 Å². The zero-order chi connectivity index (χ0) is 14.1. The van der Waals surface area contributed by atoms with Crippen LogP contribution in [0.4, 0.5) is 5.82 Å². The summed E-state index contributed by atoms with van der Waals surface area (Å²) in [6.07, 6.45) is 9.56. The molecular formula is C15H27N3O. The summed E-state index contributed by atoms with van der Waals surface area (Å²) in [5, 5.41) is 7.14. The third-order valence-corrected chi connectivity index (χ3v) is 3.18. The monoisotopic (exact) mass is 265 g/mol. The van der Waals surface area contributed by atoms with Gasteiger partial charge in [0, 0.05) is 18.5 Å². The second-order valence-electron chi connectivity index (χ2n) is 5.32. The number of unbranched alkanes of at least 4 members (excludes halogenated alkanes) is 5. The van der Waals surface area contributed by atoms with Gasteiger partial charge >= 0.3 is 0 Å². The predicted molar refractivity (Wildman–Crippen MR) is 79.2 cm³/mol. The Bertz CT molecular complexity index is 371. The van der Waals surface area contributed by atoms with Gasteiger partial charge in [0.1, 0.15) is 5.82 Å². The van der Waals surface area contributed by atoms with Gasteiger partial charge < -0.3 is 5.32 Å². The molecule has 4 heteroatoms. The fourth-order valence-electron chi connectivity index (χ4n) is 2.10. The van der Waals surface area contributed by atoms with Crippen molar-refractivity contribution in [2.45, 2.75) is 71.8 Å². The molecule has 0 aromatic carbocycles. The average molecular weight is 265 g/mol. The SMILES string of the molecule is CCCCCCCCC(=O)Nc1ccnn1C(C)C. The Balaban J connectivity index is 2.22. The lowest BCUT2D eigenvalue weighted by Gasteiger charge is -2.11. The molecule has 0 bridgehead atoms. The summed E-state index contributed by atoms with van der Waals surface area (Å²) in [4.78, 5) is 11.8. The van der Waals surface area contributed by atoms with E-state index in [1.165, 1.54) is 25.7 Å². The largest absolute Gasteiger partial charge is 0.311 e. The molecule has 0 spiro atoms. The Morgan fingerprint density at radius 1 is 1.26 bits per heavy atom. The first-order chi connectivity index (χ1) is 9.15. The van der Waals surface area contributed by atoms with E-state index in [9.17, 15) is 4.79 Å². The summed E-state index contributed by atoms with van der Waals surface area (Å²) < 4.78 is 1.83. The fourth-order valence-corrected chi connectivity index (χ4v) is 2.10. The molecule has 19 heavy (non-hydrogen) atoms. The molecule has 1 N–H and O–H groups in total. The molecule has 0 unspecified atom stereocenters. The first-order valence-electron chi connectivity index (χ1n) is 7.48. The van der Waals surface area contributed by atoms with Crippen molar-refractivity contribution in [2.24, 2.45) is 0 Å². The minimum atomic E-state index is 0.0953. The Hall–Kier alpha value is -1.32. The zero-order valence-electron chi connectivity index (χ0n) is 12.5. The van der Waals surface area contributed by atoms with Crippen molar-refractivity contribution in [1.29, 1.82) is 0 Å². The number of rotatable bonds is 9. The van der Waals surface area contributed by atoms with Crippen LogP contribution in [0.25, 0.3) is 0 Å². The number of hydrogen-bond donors (Lipinski definition) is 1. The lowest BCUT2D eigenvalue weighted by atomic mass is 10.1. The molecule has 0 aliphatic carbocycles. The maximum absolute atomic E-state index is 11.8. The molecule has 0 aliphatic rings. The van der Waals surface area contributed by atoms with Crippen molar-refractivity contribution in [3.05, 3.63) is 12.3 Å². The van der Waals surface area contributed by atoms with Gasteiger partial charge in [0.15, 0.2) is 0 Å². The third kappa shape index (κ3) is 5.90. The average Bonchev–Trinajstić information content (AvgIpc) is 2.81. The first-order valence-corrected chi connectivity index (χ1v) is 7.48. The molecule has 1 aromatic rings. The van der Waals surface area contributed by atoms with E-state index >= 15 is 0 Å². The lowest BCUT2D eigenvalue weighted by molar-refractivity contribution is -0.116. The van der Waals surface area contributed by atoms with Crippen LogP contribution in [-0.2, 0) is 4.79 Å². The summed E-state index contributed by atoms with van der Waals surface area (Å²) in [7, 11) is 0. The number of amides is 1. The van der Waals surface area contributed by atoms with Crippen LogP contribution in [0.15, 0.2) is 12.3 Å². The van der Waals surface area contributed by atoms with Crippen molar-refractivity contribution in [2.75, 3.05) is 5.32 Å². The standard InChI is InChI=1S/C15H27N3O/c1-4-5-6-7-8-9-10-15(19)17-14-11-12-16-18(14)13(2)3/h11-13H,4-10H2,1-3H3,(H,17,19). The Kier molecular flexibility index (Phi) is 7.23. The molecular weight excluding hydrogens is 238 g/mol. The molecule has 1 amide bonds. The van der Waals surface area contributed by atoms with E-state index in [1.807, 2.05) is 10.7 Å². The molecule has 1 aromatic heterocycles. The Morgan fingerprint density at radius 2 is 1.95 bits per heavy atom. The van der Waals surface area contributed by atoms with Gasteiger partial charge in [-0.1, -0.05) is 39.0 Å². The number of aromatic nitrogens is 2. The maximum atomic E-state index is 11.8. The van der Waals surface area contributed by atoms with Crippen LogP contribution < -0.4 is 5.32 Å². The molecule has 0 fully saturated rings. The summed E-state index contributed by atoms with van der Waals surface area (Å²) in [6.45, 7) is 6.32. The Morgan fingerprint density at radius 3 is 2.63 bits per heavy atom. The van der Waals surface area contributed by atoms with Crippen molar-refractivity contribution in [3.63, 3.8) is 0 Å². The van der Waals surface area contributed by atoms with Crippen molar-refractivity contribution in [1.82, 2.24) is 9.78 Å². The normalized spacial score (nSPS) is 10.9. The van der Waals surface area contributed by atoms with E-state index < -0.39 is 0 Å². The number of carbonyl (C=O) groups is 1. The van der Waals surface area contributed by atoms with Gasteiger partial charge in [0.2, 0.25) is 5.91 Å². The van der Waals surface area contributed by atoms with E-state index in [0.717, 1.165) is 18.7 Å². The molecule has 0 radical (unpaired) electrons. The van der Waals surface area contributed by atoms with Gasteiger partial charge in [-0.3, -0.25) is 4.79 Å². The molecule has 0 saturated heterocycles. The summed E-state index contributed by atoms with van der Waals surface area (Å²) >= 11 is 0. The van der Waals surface area contributed by atoms with E-state index in [-0.39, 0.29) is 11.9 Å². The third-order valence-electron chi connectivity index (χ3n) is 3.18. The minimum absolute atomic E-state index is 0.0953. The van der Waals surface area contributed by atoms with Gasteiger partial charge in [-0.15, -0.1) is 0 Å². The minimum Gasteiger partial charge on any atom is -0.311 e. The molecule has 108 valence electrons. The van der Waals surface area contributed by atoms with Gasteiger partial charge in [0.05, 0.1) is 6.20 Å². The van der Waals surface area contributed by atoms with E-state index in [1.54, 1.807) is 6.20 Å². The quantitative estimate of drug-likeness (QED) is 0.682. The number of nitrogens with one attached hydrogen (secondary N) is 1. The topological polar surface area (TPSA) is 46.9 Å². The van der Waals surface area contributed by atoms with Crippen molar-refractivity contribution >= 4 is 11.7 Å². The molecule has 4 nitrogen and oxygen atoms in total. The molecule has 0 aliphatic heterocycles. The maximum Gasteiger partial charge on any atom is 0.225 e. The molecule has 0 atom stereocenters. The van der Waals surface area contributed by atoms with E-state index in [2.05, 4.69) is 31.2 Å². The Labute approximate surface area is 116 Å². The summed E-state index contributed by atoms with van der Waals surface area (Å²) in [5.41, 5.74) is 0. The number of hydrogen-bond acceptors (Lipinski definition) is 2. The van der Waals surface area contributed by atoms with Crippen molar-refractivity contribution < 1.29 is 4.79 Å². The van der Waals surface area contributed by atoms with Crippen LogP contribution in [0.1, 0.15) is 71.8 Å². The van der Waals surface area contributed by atoms with Crippen LogP contribution in [0.2, 0.25) is 0 Å². The molecule has 1 heterocycles. The highest BCUT2D eigenvalue weighted by Gasteiger charge is 2.08. The smallest absolute Gasteiger partial charge is 0.225 e. The second kappa shape index (κ2) is 8.73. The number of nitrogens with zero attached hydrogens (tertiary/aromatic N) is 2. The van der Waals surface area contributed by atoms with Crippen LogP contribution in [-0.4, -0.2) is 15.7 Å². The highest BCUT2D eigenvalue weighted by atomic mass is 16.1. The fraction of sp³-hybridized carbons (Fsp3) is 0.733. The zero-order valence-corrected chi connectivity index (χ0v) is 12.5. The van der Waals surface area contributed by atoms with Crippen LogP contribution in [0, 0.1) is 0 Å². The van der Waals surface area contributed by atoms with Crippen molar-refractivity contribution in [3.8, 4) is 0 Å². The van der Waals surface area contributed by atoms with Gasteiger partial charge in [-0.05, 0) is 20.3 Å².